The summed E-state index contributed by atoms with van der Waals surface area (Å²) in [6.07, 6.45) is 3.16. The van der Waals surface area contributed by atoms with E-state index in [9.17, 15) is 8.42 Å². The summed E-state index contributed by atoms with van der Waals surface area (Å²) in [5.41, 5.74) is 2.52. The fourth-order valence-electron chi connectivity index (χ4n) is 1.51. The van der Waals surface area contributed by atoms with Crippen molar-refractivity contribution in [2.45, 2.75) is 24.9 Å². The molecule has 0 saturated heterocycles. The van der Waals surface area contributed by atoms with E-state index in [4.69, 9.17) is 0 Å². The SMILES string of the molecule is CCNCc1cc(S(=O)(=O)NCc2cncs2)c[nH]1. The summed E-state index contributed by atoms with van der Waals surface area (Å²) in [5.74, 6) is 0. The lowest BCUT2D eigenvalue weighted by Crippen LogP contribution is -2.22. The zero-order chi connectivity index (χ0) is 13.7. The van der Waals surface area contributed by atoms with Gasteiger partial charge in [-0.2, -0.15) is 0 Å². The van der Waals surface area contributed by atoms with Gasteiger partial charge < -0.3 is 10.3 Å². The van der Waals surface area contributed by atoms with E-state index in [1.807, 2.05) is 6.92 Å². The van der Waals surface area contributed by atoms with Crippen molar-refractivity contribution in [2.24, 2.45) is 0 Å². The molecule has 0 aromatic carbocycles. The van der Waals surface area contributed by atoms with Gasteiger partial charge in [0.1, 0.15) is 0 Å². The Morgan fingerprint density at radius 3 is 2.95 bits per heavy atom. The van der Waals surface area contributed by atoms with Gasteiger partial charge in [-0.05, 0) is 12.6 Å². The Bertz CT molecular complexity index is 604. The summed E-state index contributed by atoms with van der Waals surface area (Å²) in [5, 5.41) is 3.13. The number of rotatable bonds is 7. The van der Waals surface area contributed by atoms with Crippen LogP contribution in [0.25, 0.3) is 0 Å². The minimum absolute atomic E-state index is 0.255. The van der Waals surface area contributed by atoms with E-state index in [2.05, 4.69) is 20.0 Å². The predicted octanol–water partition coefficient (Wildman–Crippen LogP) is 1.06. The van der Waals surface area contributed by atoms with E-state index in [0.717, 1.165) is 17.1 Å². The van der Waals surface area contributed by atoms with Crippen LogP contribution >= 0.6 is 11.3 Å². The van der Waals surface area contributed by atoms with Crippen molar-refractivity contribution in [1.82, 2.24) is 20.0 Å². The standard InChI is InChI=1S/C11H16N4O2S2/c1-2-12-4-9-3-11(7-14-9)19(16,17)15-6-10-5-13-8-18-10/h3,5,7-8,12,14-15H,2,4,6H2,1H3. The second kappa shape index (κ2) is 6.29. The molecule has 0 fully saturated rings. The average molecular weight is 300 g/mol. The van der Waals surface area contributed by atoms with Gasteiger partial charge >= 0.3 is 0 Å². The van der Waals surface area contributed by atoms with Crippen molar-refractivity contribution in [3.8, 4) is 0 Å². The molecule has 2 aromatic heterocycles. The molecule has 0 aliphatic heterocycles. The Kier molecular flexibility index (Phi) is 4.70. The van der Waals surface area contributed by atoms with E-state index >= 15 is 0 Å². The summed E-state index contributed by atoms with van der Waals surface area (Å²) in [7, 11) is -3.47. The van der Waals surface area contributed by atoms with Crippen LogP contribution in [0.2, 0.25) is 0 Å². The van der Waals surface area contributed by atoms with E-state index in [-0.39, 0.29) is 11.4 Å². The maximum absolute atomic E-state index is 12.0. The number of nitrogens with zero attached hydrogens (tertiary/aromatic N) is 1. The molecule has 2 aromatic rings. The number of sulfonamides is 1. The van der Waals surface area contributed by atoms with E-state index < -0.39 is 10.0 Å². The molecule has 2 rings (SSSR count). The van der Waals surface area contributed by atoms with Crippen molar-refractivity contribution in [1.29, 1.82) is 0 Å². The van der Waals surface area contributed by atoms with Crippen LogP contribution < -0.4 is 10.0 Å². The topological polar surface area (TPSA) is 86.9 Å². The maximum atomic E-state index is 12.0. The Morgan fingerprint density at radius 2 is 2.26 bits per heavy atom. The third-order valence-corrected chi connectivity index (χ3v) is 4.67. The van der Waals surface area contributed by atoms with Crippen LogP contribution in [0, 0.1) is 0 Å². The minimum Gasteiger partial charge on any atom is -0.363 e. The number of hydrogen-bond acceptors (Lipinski definition) is 5. The third-order valence-electron chi connectivity index (χ3n) is 2.51. The molecule has 0 radical (unpaired) electrons. The van der Waals surface area contributed by atoms with Crippen LogP contribution in [0.4, 0.5) is 0 Å². The lowest BCUT2D eigenvalue weighted by Gasteiger charge is -2.02. The Hall–Kier alpha value is -1.22. The van der Waals surface area contributed by atoms with Crippen LogP contribution in [0.1, 0.15) is 17.5 Å². The molecule has 0 amide bonds. The van der Waals surface area contributed by atoms with Gasteiger partial charge in [-0.25, -0.2) is 13.1 Å². The first-order chi connectivity index (χ1) is 9.12. The zero-order valence-corrected chi connectivity index (χ0v) is 12.1. The number of nitrogens with one attached hydrogen (secondary N) is 3. The molecule has 0 atom stereocenters. The lowest BCUT2D eigenvalue weighted by molar-refractivity contribution is 0.582. The molecule has 6 nitrogen and oxygen atoms in total. The van der Waals surface area contributed by atoms with Crippen LogP contribution in [0.5, 0.6) is 0 Å². The summed E-state index contributed by atoms with van der Waals surface area (Å²) < 4.78 is 26.6. The van der Waals surface area contributed by atoms with E-state index in [0.29, 0.717) is 6.54 Å². The van der Waals surface area contributed by atoms with Crippen molar-refractivity contribution >= 4 is 21.4 Å². The highest BCUT2D eigenvalue weighted by molar-refractivity contribution is 7.89. The Morgan fingerprint density at radius 1 is 1.42 bits per heavy atom. The second-order valence-corrected chi connectivity index (χ2v) is 6.67. The monoisotopic (exact) mass is 300 g/mol. The number of thiazole rings is 1. The molecular weight excluding hydrogens is 284 g/mol. The highest BCUT2D eigenvalue weighted by atomic mass is 32.2. The lowest BCUT2D eigenvalue weighted by atomic mass is 10.4. The summed E-state index contributed by atoms with van der Waals surface area (Å²) in [6.45, 7) is 3.73. The molecule has 19 heavy (non-hydrogen) atoms. The first-order valence-corrected chi connectivity index (χ1v) is 8.23. The zero-order valence-electron chi connectivity index (χ0n) is 10.5. The normalized spacial score (nSPS) is 11.8. The fourth-order valence-corrected chi connectivity index (χ4v) is 3.16. The molecule has 0 bridgehead atoms. The molecule has 0 spiro atoms. The molecule has 0 unspecified atom stereocenters. The number of aromatic nitrogens is 2. The van der Waals surface area contributed by atoms with Gasteiger partial charge in [0.25, 0.3) is 0 Å². The van der Waals surface area contributed by atoms with Crippen LogP contribution in [-0.4, -0.2) is 24.9 Å². The molecule has 104 valence electrons. The smallest absolute Gasteiger partial charge is 0.242 e. The quantitative estimate of drug-likeness (QED) is 0.713. The molecule has 0 aliphatic carbocycles. The summed E-state index contributed by atoms with van der Waals surface area (Å²) in [4.78, 5) is 7.99. The van der Waals surface area contributed by atoms with Crippen molar-refractivity contribution in [3.05, 3.63) is 34.5 Å². The highest BCUT2D eigenvalue weighted by Gasteiger charge is 2.15. The van der Waals surface area contributed by atoms with Crippen LogP contribution in [0.3, 0.4) is 0 Å². The number of H-pyrrole nitrogens is 1. The van der Waals surface area contributed by atoms with Gasteiger partial charge in [-0.3, -0.25) is 4.98 Å². The first kappa shape index (κ1) is 14.2. The molecule has 3 N–H and O–H groups in total. The first-order valence-electron chi connectivity index (χ1n) is 5.87. The van der Waals surface area contributed by atoms with Gasteiger partial charge in [0.05, 0.1) is 10.4 Å². The number of aromatic amines is 1. The Labute approximate surface area is 116 Å². The van der Waals surface area contributed by atoms with Gasteiger partial charge in [-0.15, -0.1) is 11.3 Å². The van der Waals surface area contributed by atoms with Crippen LogP contribution in [0.15, 0.2) is 28.9 Å². The van der Waals surface area contributed by atoms with Gasteiger partial charge in [0, 0.05) is 36.1 Å². The van der Waals surface area contributed by atoms with Crippen molar-refractivity contribution in [2.75, 3.05) is 6.54 Å². The minimum atomic E-state index is -3.47. The molecular formula is C11H16N4O2S2. The highest BCUT2D eigenvalue weighted by Crippen LogP contribution is 2.12. The van der Waals surface area contributed by atoms with Gasteiger partial charge in [0.15, 0.2) is 0 Å². The fraction of sp³-hybridized carbons (Fsp3) is 0.364. The van der Waals surface area contributed by atoms with Crippen LogP contribution in [-0.2, 0) is 23.1 Å². The van der Waals surface area contributed by atoms with Crippen molar-refractivity contribution in [3.63, 3.8) is 0 Å². The number of hydrogen-bond donors (Lipinski definition) is 3. The average Bonchev–Trinajstić information content (AvgIpc) is 3.05. The maximum Gasteiger partial charge on any atom is 0.242 e. The van der Waals surface area contributed by atoms with E-state index in [1.54, 1.807) is 17.8 Å². The molecule has 2 heterocycles. The van der Waals surface area contributed by atoms with Crippen molar-refractivity contribution < 1.29 is 8.42 Å². The summed E-state index contributed by atoms with van der Waals surface area (Å²) >= 11 is 1.42. The van der Waals surface area contributed by atoms with Gasteiger partial charge in [0.2, 0.25) is 10.0 Å². The Balaban J connectivity index is 2.00. The predicted molar refractivity (Wildman–Crippen MR) is 74.3 cm³/mol. The second-order valence-electron chi connectivity index (χ2n) is 3.93. The molecule has 0 saturated carbocycles. The molecule has 8 heteroatoms. The summed E-state index contributed by atoms with van der Waals surface area (Å²) in [6, 6.07) is 1.64. The van der Waals surface area contributed by atoms with Gasteiger partial charge in [-0.1, -0.05) is 6.92 Å². The van der Waals surface area contributed by atoms with E-state index in [1.165, 1.54) is 17.5 Å². The largest absolute Gasteiger partial charge is 0.363 e. The molecule has 0 aliphatic rings. The third kappa shape index (κ3) is 3.87.